The van der Waals surface area contributed by atoms with E-state index in [2.05, 4.69) is 0 Å². The second kappa shape index (κ2) is 13.6. The zero-order chi connectivity index (χ0) is 33.3. The first kappa shape index (κ1) is 32.9. The molecule has 4 aliphatic heterocycles. The molecule has 47 heavy (non-hydrogen) atoms. The lowest BCUT2D eigenvalue weighted by Gasteiger charge is -2.36. The molecule has 5 bridgehead atoms. The van der Waals surface area contributed by atoms with E-state index in [-0.39, 0.29) is 37.9 Å². The number of fused-ring (bicyclic) bond motifs is 2. The number of carbonyl (C=O) groups excluding carboxylic acids is 4. The molecule has 3 amide bonds. The van der Waals surface area contributed by atoms with E-state index in [1.165, 1.54) is 9.80 Å². The van der Waals surface area contributed by atoms with Gasteiger partial charge in [-0.15, -0.1) is 0 Å². The first-order chi connectivity index (χ1) is 22.7. The molecule has 4 heterocycles. The van der Waals surface area contributed by atoms with E-state index in [0.717, 1.165) is 0 Å². The first-order valence-electron chi connectivity index (χ1n) is 16.2. The highest BCUT2D eigenvalue weighted by molar-refractivity contribution is 6.34. The van der Waals surface area contributed by atoms with Gasteiger partial charge in [0, 0.05) is 33.2 Å². The number of benzene rings is 2. The van der Waals surface area contributed by atoms with E-state index in [4.69, 9.17) is 21.1 Å². The quantitative estimate of drug-likeness (QED) is 0.282. The predicted octanol–water partition coefficient (Wildman–Crippen LogP) is 4.08. The number of rotatable bonds is 6. The number of anilines is 1. The summed E-state index contributed by atoms with van der Waals surface area (Å²) in [6, 6.07) is 14.6. The van der Waals surface area contributed by atoms with Crippen molar-refractivity contribution in [1.82, 2.24) is 9.80 Å². The average molecular weight is 662 g/mol. The summed E-state index contributed by atoms with van der Waals surface area (Å²) in [5.74, 6) is -3.54. The molecule has 2 aromatic rings. The summed E-state index contributed by atoms with van der Waals surface area (Å²) in [7, 11) is 1.69. The van der Waals surface area contributed by atoms with Gasteiger partial charge in [0.2, 0.25) is 11.8 Å². The van der Waals surface area contributed by atoms with E-state index < -0.39 is 53.6 Å². The van der Waals surface area contributed by atoms with Crippen LogP contribution < -0.4 is 4.90 Å². The number of nitrogens with zero attached hydrogens (tertiary/aromatic N) is 3. The number of para-hydroxylation sites is 1. The number of aliphatic hydroxyl groups excluding tert-OH is 1. The van der Waals surface area contributed by atoms with Gasteiger partial charge in [-0.25, -0.2) is 0 Å². The summed E-state index contributed by atoms with van der Waals surface area (Å²) in [5, 5.41) is 9.87. The van der Waals surface area contributed by atoms with Gasteiger partial charge < -0.3 is 29.3 Å². The average Bonchev–Trinajstić information content (AvgIpc) is 3.72. The molecule has 7 atom stereocenters. The lowest BCUT2D eigenvalue weighted by Crippen LogP contribution is -2.56. The van der Waals surface area contributed by atoms with Gasteiger partial charge in [0.1, 0.15) is 23.7 Å². The fraction of sp³-hybridized carbons (Fsp3) is 0.444. The van der Waals surface area contributed by atoms with Crippen LogP contribution in [0.25, 0.3) is 0 Å². The van der Waals surface area contributed by atoms with Crippen LogP contribution in [0, 0.1) is 11.8 Å². The Hall–Kier alpha value is -3.99. The summed E-state index contributed by atoms with van der Waals surface area (Å²) in [6.07, 6.45) is 7.14. The molecule has 1 N–H and O–H groups in total. The van der Waals surface area contributed by atoms with Gasteiger partial charge in [0.05, 0.1) is 28.8 Å². The Labute approximate surface area is 279 Å². The maximum atomic E-state index is 14.8. The normalized spacial score (nSPS) is 31.8. The van der Waals surface area contributed by atoms with E-state index in [1.807, 2.05) is 49.4 Å². The van der Waals surface area contributed by atoms with Crippen LogP contribution in [0.4, 0.5) is 5.69 Å². The first-order valence-corrected chi connectivity index (χ1v) is 16.6. The van der Waals surface area contributed by atoms with Crippen LogP contribution in [-0.4, -0.2) is 89.1 Å². The Balaban J connectivity index is 1.46. The Morgan fingerprint density at radius 1 is 0.979 bits per heavy atom. The zero-order valence-corrected chi connectivity index (χ0v) is 27.3. The van der Waals surface area contributed by atoms with E-state index >= 15 is 0 Å². The lowest BCUT2D eigenvalue weighted by molar-refractivity contribution is -0.164. The third kappa shape index (κ3) is 5.87. The number of cyclic esters (lactones) is 1. The molecule has 2 saturated heterocycles. The topological polar surface area (TPSA) is 117 Å². The SMILES string of the molecule is C[C@@H]1[C@@H](c2ccccc2)OC(=O)[C@@H]2[C@@H]3C=C[C@]4(O3)[C@H](C(=O)N(c3ccccc3Cl)C/C=C\CCC(=O)N1C)N(CCCCO)C(=O)[C@@H]24. The van der Waals surface area contributed by atoms with Gasteiger partial charge in [-0.3, -0.25) is 19.2 Å². The molecule has 11 heteroatoms. The monoisotopic (exact) mass is 661 g/mol. The highest BCUT2D eigenvalue weighted by atomic mass is 35.5. The van der Waals surface area contributed by atoms with Crippen LogP contribution in [0.2, 0.25) is 5.02 Å². The molecule has 248 valence electrons. The molecular weight excluding hydrogens is 622 g/mol. The van der Waals surface area contributed by atoms with Crippen molar-refractivity contribution in [2.24, 2.45) is 11.8 Å². The number of likely N-dealkylation sites (tertiary alicyclic amines) is 1. The molecule has 2 fully saturated rings. The molecule has 2 aromatic carbocycles. The maximum absolute atomic E-state index is 14.8. The number of ether oxygens (including phenoxy) is 2. The Morgan fingerprint density at radius 3 is 2.47 bits per heavy atom. The summed E-state index contributed by atoms with van der Waals surface area (Å²) in [5.41, 5.74) is -0.224. The van der Waals surface area contributed by atoms with Gasteiger partial charge in [-0.2, -0.15) is 0 Å². The zero-order valence-electron chi connectivity index (χ0n) is 26.5. The summed E-state index contributed by atoms with van der Waals surface area (Å²) < 4.78 is 12.8. The number of hydrogen-bond donors (Lipinski definition) is 1. The smallest absolute Gasteiger partial charge is 0.313 e. The number of amides is 3. The van der Waals surface area contributed by atoms with Crippen LogP contribution in [0.5, 0.6) is 0 Å². The van der Waals surface area contributed by atoms with Gasteiger partial charge in [-0.1, -0.05) is 78.4 Å². The van der Waals surface area contributed by atoms with Crippen molar-refractivity contribution < 1.29 is 33.8 Å². The molecular formula is C36H40ClN3O7. The summed E-state index contributed by atoms with van der Waals surface area (Å²) in [4.78, 5) is 61.4. The molecule has 0 saturated carbocycles. The second-order valence-electron chi connectivity index (χ2n) is 12.6. The standard InChI is InChI=1S/C36H40ClN3O7/c1-23-31(24-13-5-3-6-14-24)46-35(45)29-27-18-19-36(47-27)30(29)33(43)40(21-11-12-22-41)32(36)34(44)39(26-16-9-8-15-25(26)37)20-10-4-7-17-28(42)38(23)2/h3-6,8-10,13-16,18-19,23,27,29-32,41H,7,11-12,17,20-22H2,1-2H3/b10-4-/t23-,27+,29-,30-,31+,32+,36-/m1/s1. The molecule has 6 rings (SSSR count). The van der Waals surface area contributed by atoms with Crippen molar-refractivity contribution in [1.29, 1.82) is 0 Å². The molecule has 10 nitrogen and oxygen atoms in total. The lowest BCUT2D eigenvalue weighted by atomic mass is 9.74. The van der Waals surface area contributed by atoms with Crippen LogP contribution in [0.1, 0.15) is 44.3 Å². The van der Waals surface area contributed by atoms with Crippen LogP contribution in [0.15, 0.2) is 78.9 Å². The summed E-state index contributed by atoms with van der Waals surface area (Å²) >= 11 is 6.63. The van der Waals surface area contributed by atoms with Crippen LogP contribution in [-0.2, 0) is 28.7 Å². The fourth-order valence-electron chi connectivity index (χ4n) is 7.38. The molecule has 0 unspecified atom stereocenters. The van der Waals surface area contributed by atoms with Gasteiger partial charge in [0.15, 0.2) is 0 Å². The van der Waals surface area contributed by atoms with Crippen LogP contribution in [0.3, 0.4) is 0 Å². The summed E-state index contributed by atoms with van der Waals surface area (Å²) in [6.45, 7) is 2.11. The third-order valence-electron chi connectivity index (χ3n) is 9.89. The van der Waals surface area contributed by atoms with Gasteiger partial charge in [-0.05, 0) is 43.9 Å². The van der Waals surface area contributed by atoms with E-state index in [1.54, 1.807) is 48.4 Å². The number of unbranched alkanes of at least 4 members (excludes halogenated alkanes) is 1. The second-order valence-corrected chi connectivity index (χ2v) is 13.0. The van der Waals surface area contributed by atoms with Gasteiger partial charge >= 0.3 is 5.97 Å². The number of carbonyl (C=O) groups is 4. The Morgan fingerprint density at radius 2 is 1.72 bits per heavy atom. The number of halogens is 1. The molecule has 0 aromatic heterocycles. The van der Waals surface area contributed by atoms with Crippen molar-refractivity contribution in [2.75, 3.05) is 31.6 Å². The third-order valence-corrected chi connectivity index (χ3v) is 10.2. The van der Waals surface area contributed by atoms with E-state index in [9.17, 15) is 24.3 Å². The van der Waals surface area contributed by atoms with Crippen molar-refractivity contribution in [3.05, 3.63) is 89.5 Å². The predicted molar refractivity (Wildman–Crippen MR) is 175 cm³/mol. The van der Waals surface area contributed by atoms with Gasteiger partial charge in [0.25, 0.3) is 5.91 Å². The number of allylic oxidation sites excluding steroid dienone is 1. The molecule has 1 spiro atoms. The minimum Gasteiger partial charge on any atom is -0.455 e. The maximum Gasteiger partial charge on any atom is 0.313 e. The number of likely N-dealkylation sites (N-methyl/N-ethyl adjacent to an activating group) is 1. The number of hydrogen-bond acceptors (Lipinski definition) is 7. The van der Waals surface area contributed by atoms with Crippen LogP contribution >= 0.6 is 11.6 Å². The number of esters is 1. The Kier molecular flexibility index (Phi) is 9.55. The van der Waals surface area contributed by atoms with Crippen molar-refractivity contribution in [3.63, 3.8) is 0 Å². The molecule has 0 radical (unpaired) electrons. The van der Waals surface area contributed by atoms with Crippen molar-refractivity contribution >= 4 is 41.0 Å². The largest absolute Gasteiger partial charge is 0.455 e. The van der Waals surface area contributed by atoms with Crippen molar-refractivity contribution in [3.8, 4) is 0 Å². The van der Waals surface area contributed by atoms with E-state index in [0.29, 0.717) is 35.5 Å². The molecule has 4 aliphatic rings. The minimum absolute atomic E-state index is 0.0603. The van der Waals surface area contributed by atoms with Crippen molar-refractivity contribution in [2.45, 2.75) is 62.5 Å². The fourth-order valence-corrected chi connectivity index (χ4v) is 7.62. The number of aliphatic hydroxyl groups is 1. The Bertz CT molecular complexity index is 1580. The highest BCUT2D eigenvalue weighted by Crippen LogP contribution is 2.56. The molecule has 0 aliphatic carbocycles. The minimum atomic E-state index is -1.40. The highest BCUT2D eigenvalue weighted by Gasteiger charge is 2.73.